The van der Waals surface area contributed by atoms with Crippen LogP contribution in [0.1, 0.15) is 28.8 Å². The lowest BCUT2D eigenvalue weighted by molar-refractivity contribution is -0.131. The highest BCUT2D eigenvalue weighted by atomic mass is 79.9. The number of carbonyl (C=O) groups excluding carboxylic acids is 2. The quantitative estimate of drug-likeness (QED) is 0.687. The van der Waals surface area contributed by atoms with Crippen molar-refractivity contribution in [1.29, 1.82) is 0 Å². The smallest absolute Gasteiger partial charge is 0.269 e. The van der Waals surface area contributed by atoms with E-state index in [2.05, 4.69) is 26.8 Å². The van der Waals surface area contributed by atoms with Crippen molar-refractivity contribution in [2.45, 2.75) is 18.3 Å². The second kappa shape index (κ2) is 8.42. The van der Waals surface area contributed by atoms with Gasteiger partial charge in [-0.1, -0.05) is 28.1 Å². The van der Waals surface area contributed by atoms with Crippen LogP contribution < -0.4 is 20.3 Å². The van der Waals surface area contributed by atoms with Gasteiger partial charge in [-0.15, -0.1) is 0 Å². The van der Waals surface area contributed by atoms with Crippen LogP contribution in [0.25, 0.3) is 0 Å². The Labute approximate surface area is 176 Å². The molecule has 0 saturated carbocycles. The normalized spacial score (nSPS) is 17.3. The number of ether oxygens (including phenoxy) is 3. The molecule has 0 bridgehead atoms. The van der Waals surface area contributed by atoms with Crippen LogP contribution in [-0.2, 0) is 14.9 Å². The molecule has 0 radical (unpaired) electrons. The first-order valence-electron chi connectivity index (χ1n) is 9.43. The number of hydrazine groups is 1. The van der Waals surface area contributed by atoms with Gasteiger partial charge in [-0.3, -0.25) is 20.4 Å². The molecule has 1 fully saturated rings. The SMILES string of the molecule is O=C(NNC(=O)C1(c2ccc(Br)cc2)CCOCC1)c1ccc2c(c1)OCCO2. The van der Waals surface area contributed by atoms with Crippen LogP contribution in [0, 0.1) is 0 Å². The van der Waals surface area contributed by atoms with Crippen molar-refractivity contribution >= 4 is 27.7 Å². The predicted octanol–water partition coefficient (Wildman–Crippen LogP) is 2.73. The van der Waals surface area contributed by atoms with Gasteiger partial charge in [-0.2, -0.15) is 0 Å². The fourth-order valence-corrected chi connectivity index (χ4v) is 3.89. The van der Waals surface area contributed by atoms with Crippen molar-refractivity contribution in [3.63, 3.8) is 0 Å². The Morgan fingerprint density at radius 1 is 0.862 bits per heavy atom. The van der Waals surface area contributed by atoms with Gasteiger partial charge in [-0.25, -0.2) is 0 Å². The number of hydrogen-bond donors (Lipinski definition) is 2. The summed E-state index contributed by atoms with van der Waals surface area (Å²) in [7, 11) is 0. The summed E-state index contributed by atoms with van der Waals surface area (Å²) < 4.78 is 17.4. The average Bonchev–Trinajstić information content (AvgIpc) is 2.77. The largest absolute Gasteiger partial charge is 0.486 e. The van der Waals surface area contributed by atoms with Crippen LogP contribution in [0.15, 0.2) is 46.9 Å². The zero-order chi connectivity index (χ0) is 20.3. The molecule has 2 aliphatic heterocycles. The highest BCUT2D eigenvalue weighted by molar-refractivity contribution is 9.10. The van der Waals surface area contributed by atoms with Gasteiger partial charge in [0.05, 0.1) is 5.41 Å². The van der Waals surface area contributed by atoms with Gasteiger partial charge in [-0.05, 0) is 48.7 Å². The Morgan fingerprint density at radius 2 is 1.55 bits per heavy atom. The number of halogens is 1. The Hall–Kier alpha value is -2.58. The Balaban J connectivity index is 1.48. The lowest BCUT2D eigenvalue weighted by Gasteiger charge is -2.36. The van der Waals surface area contributed by atoms with E-state index in [-0.39, 0.29) is 5.91 Å². The molecule has 4 rings (SSSR count). The topological polar surface area (TPSA) is 85.9 Å². The van der Waals surface area contributed by atoms with Crippen molar-refractivity contribution in [3.05, 3.63) is 58.1 Å². The summed E-state index contributed by atoms with van der Waals surface area (Å²) in [6.45, 7) is 1.89. The lowest BCUT2D eigenvalue weighted by Crippen LogP contribution is -2.53. The van der Waals surface area contributed by atoms with Crippen molar-refractivity contribution in [2.24, 2.45) is 0 Å². The van der Waals surface area contributed by atoms with Crippen LogP contribution in [0.2, 0.25) is 0 Å². The predicted molar refractivity (Wildman–Crippen MR) is 109 cm³/mol. The molecule has 7 nitrogen and oxygen atoms in total. The van der Waals surface area contributed by atoms with Crippen molar-refractivity contribution in [1.82, 2.24) is 10.9 Å². The zero-order valence-electron chi connectivity index (χ0n) is 15.7. The van der Waals surface area contributed by atoms with E-state index in [1.165, 1.54) is 0 Å². The summed E-state index contributed by atoms with van der Waals surface area (Å²) in [5.74, 6) is 0.446. The summed E-state index contributed by atoms with van der Waals surface area (Å²) in [6.07, 6.45) is 1.08. The fraction of sp³-hybridized carbons (Fsp3) is 0.333. The number of nitrogens with one attached hydrogen (secondary N) is 2. The zero-order valence-corrected chi connectivity index (χ0v) is 17.3. The maximum absolute atomic E-state index is 13.1. The van der Waals surface area contributed by atoms with E-state index in [0.29, 0.717) is 56.3 Å². The molecule has 8 heteroatoms. The van der Waals surface area contributed by atoms with Crippen LogP contribution >= 0.6 is 15.9 Å². The van der Waals surface area contributed by atoms with Gasteiger partial charge in [0.15, 0.2) is 11.5 Å². The first-order chi connectivity index (χ1) is 14.1. The third-order valence-corrected chi connectivity index (χ3v) is 5.80. The van der Waals surface area contributed by atoms with Gasteiger partial charge >= 0.3 is 0 Å². The van der Waals surface area contributed by atoms with E-state index < -0.39 is 11.3 Å². The number of rotatable bonds is 3. The van der Waals surface area contributed by atoms with Gasteiger partial charge in [0.1, 0.15) is 13.2 Å². The monoisotopic (exact) mass is 460 g/mol. The molecule has 2 amide bonds. The number of amides is 2. The molecule has 0 spiro atoms. The van der Waals surface area contributed by atoms with Gasteiger partial charge < -0.3 is 14.2 Å². The molecule has 0 atom stereocenters. The second-order valence-corrected chi connectivity index (χ2v) is 7.88. The van der Waals surface area contributed by atoms with E-state index in [1.807, 2.05) is 24.3 Å². The van der Waals surface area contributed by atoms with Gasteiger partial charge in [0, 0.05) is 23.2 Å². The summed E-state index contributed by atoms with van der Waals surface area (Å²) in [5, 5.41) is 0. The highest BCUT2D eigenvalue weighted by Gasteiger charge is 2.42. The summed E-state index contributed by atoms with van der Waals surface area (Å²) in [4.78, 5) is 25.7. The minimum Gasteiger partial charge on any atom is -0.486 e. The molecule has 2 aromatic rings. The second-order valence-electron chi connectivity index (χ2n) is 6.97. The molecule has 2 heterocycles. The number of fused-ring (bicyclic) bond motifs is 1. The Bertz CT molecular complexity index is 910. The lowest BCUT2D eigenvalue weighted by atomic mass is 9.73. The fourth-order valence-electron chi connectivity index (χ4n) is 3.63. The third kappa shape index (κ3) is 4.09. The summed E-state index contributed by atoms with van der Waals surface area (Å²) >= 11 is 3.42. The number of benzene rings is 2. The molecule has 0 aliphatic carbocycles. The van der Waals surface area contributed by atoms with E-state index in [9.17, 15) is 9.59 Å². The highest BCUT2D eigenvalue weighted by Crippen LogP contribution is 2.36. The molecule has 2 N–H and O–H groups in total. The maximum Gasteiger partial charge on any atom is 0.269 e. The van der Waals surface area contributed by atoms with Gasteiger partial charge in [0.25, 0.3) is 5.91 Å². The van der Waals surface area contributed by atoms with Crippen molar-refractivity contribution < 1.29 is 23.8 Å². The van der Waals surface area contributed by atoms with E-state index in [4.69, 9.17) is 14.2 Å². The third-order valence-electron chi connectivity index (χ3n) is 5.27. The molecule has 2 aliphatic rings. The maximum atomic E-state index is 13.1. The average molecular weight is 461 g/mol. The molecule has 29 heavy (non-hydrogen) atoms. The molecular formula is C21H21BrN2O5. The first kappa shape index (κ1) is 19.7. The Kier molecular flexibility index (Phi) is 5.73. The molecule has 152 valence electrons. The number of carbonyl (C=O) groups is 2. The minimum atomic E-state index is -0.751. The van der Waals surface area contributed by atoms with Gasteiger partial charge in [0.2, 0.25) is 5.91 Å². The first-order valence-corrected chi connectivity index (χ1v) is 10.2. The number of hydrogen-bond acceptors (Lipinski definition) is 5. The van der Waals surface area contributed by atoms with Crippen molar-refractivity contribution in [3.8, 4) is 11.5 Å². The van der Waals surface area contributed by atoms with Crippen LogP contribution in [0.5, 0.6) is 11.5 Å². The van der Waals surface area contributed by atoms with Crippen LogP contribution in [-0.4, -0.2) is 38.2 Å². The van der Waals surface area contributed by atoms with E-state index in [0.717, 1.165) is 10.0 Å². The van der Waals surface area contributed by atoms with Crippen LogP contribution in [0.3, 0.4) is 0 Å². The summed E-state index contributed by atoms with van der Waals surface area (Å²) in [5.41, 5.74) is 5.65. The molecule has 1 saturated heterocycles. The minimum absolute atomic E-state index is 0.256. The molecule has 0 aromatic heterocycles. The summed E-state index contributed by atoms with van der Waals surface area (Å²) in [6, 6.07) is 12.6. The Morgan fingerprint density at radius 3 is 2.28 bits per heavy atom. The van der Waals surface area contributed by atoms with E-state index in [1.54, 1.807) is 18.2 Å². The standard InChI is InChI=1S/C21H21BrN2O5/c22-16-4-2-15(3-5-16)21(7-9-27-10-8-21)20(26)24-23-19(25)14-1-6-17-18(13-14)29-12-11-28-17/h1-6,13H,7-12H2,(H,23,25)(H,24,26). The van der Waals surface area contributed by atoms with Crippen molar-refractivity contribution in [2.75, 3.05) is 26.4 Å². The van der Waals surface area contributed by atoms with Crippen LogP contribution in [0.4, 0.5) is 0 Å². The molecule has 2 aromatic carbocycles. The molecule has 0 unspecified atom stereocenters. The van der Waals surface area contributed by atoms with E-state index >= 15 is 0 Å². The molecular weight excluding hydrogens is 440 g/mol.